The zero-order valence-corrected chi connectivity index (χ0v) is 12.2. The van der Waals surface area contributed by atoms with Crippen LogP contribution in [0.2, 0.25) is 0 Å². The largest absolute Gasteiger partial charge is 0.391 e. The van der Waals surface area contributed by atoms with E-state index in [1.165, 1.54) is 12.1 Å². The van der Waals surface area contributed by atoms with Crippen LogP contribution in [0.15, 0.2) is 12.1 Å². The van der Waals surface area contributed by atoms with E-state index in [1.807, 2.05) is 0 Å². The lowest BCUT2D eigenvalue weighted by molar-refractivity contribution is -0.116. The van der Waals surface area contributed by atoms with Crippen molar-refractivity contribution in [2.24, 2.45) is 0 Å². The van der Waals surface area contributed by atoms with Crippen LogP contribution < -0.4 is 10.6 Å². The molecule has 3 rings (SSSR count). The molecule has 22 heavy (non-hydrogen) atoms. The van der Waals surface area contributed by atoms with Crippen LogP contribution in [-0.4, -0.2) is 29.1 Å². The summed E-state index contributed by atoms with van der Waals surface area (Å²) < 4.78 is 14.1. The van der Waals surface area contributed by atoms with Gasteiger partial charge in [0.15, 0.2) is 0 Å². The molecule has 0 aromatic heterocycles. The summed E-state index contributed by atoms with van der Waals surface area (Å²) in [6, 6.07) is 2.36. The number of rotatable bonds is 2. The minimum atomic E-state index is -0.663. The molecule has 1 heterocycles. The molecule has 6 heteroatoms. The summed E-state index contributed by atoms with van der Waals surface area (Å²) in [5.41, 5.74) is 1.16. The number of amides is 2. The van der Waals surface area contributed by atoms with Crippen molar-refractivity contribution < 1.29 is 19.1 Å². The second-order valence-electron chi connectivity index (χ2n) is 5.97. The number of aliphatic hydroxyl groups is 1. The molecule has 2 unspecified atom stereocenters. The summed E-state index contributed by atoms with van der Waals surface area (Å²) in [5, 5.41) is 15.2. The van der Waals surface area contributed by atoms with E-state index in [9.17, 15) is 19.1 Å². The zero-order valence-electron chi connectivity index (χ0n) is 12.2. The van der Waals surface area contributed by atoms with Crippen molar-refractivity contribution in [1.29, 1.82) is 0 Å². The Labute approximate surface area is 127 Å². The van der Waals surface area contributed by atoms with E-state index in [4.69, 9.17) is 0 Å². The molecular formula is C16H19FN2O3. The third-order valence-corrected chi connectivity index (χ3v) is 4.38. The van der Waals surface area contributed by atoms with E-state index in [0.717, 1.165) is 18.4 Å². The Morgan fingerprint density at radius 1 is 1.27 bits per heavy atom. The maximum Gasteiger partial charge on any atom is 0.254 e. The number of anilines is 1. The quantitative estimate of drug-likeness (QED) is 0.779. The fourth-order valence-electron chi connectivity index (χ4n) is 3.10. The number of hydrogen-bond acceptors (Lipinski definition) is 3. The average Bonchev–Trinajstić information content (AvgIpc) is 2.48. The Hall–Kier alpha value is -1.95. The number of hydrogen-bond donors (Lipinski definition) is 3. The molecule has 0 radical (unpaired) electrons. The molecule has 1 aromatic carbocycles. The molecule has 2 atom stereocenters. The molecular weight excluding hydrogens is 287 g/mol. The van der Waals surface area contributed by atoms with Crippen molar-refractivity contribution in [3.05, 3.63) is 29.1 Å². The fourth-order valence-corrected chi connectivity index (χ4v) is 3.10. The van der Waals surface area contributed by atoms with Gasteiger partial charge in [0.05, 0.1) is 17.7 Å². The van der Waals surface area contributed by atoms with Gasteiger partial charge in [0, 0.05) is 12.1 Å². The van der Waals surface area contributed by atoms with Crippen LogP contribution >= 0.6 is 0 Å². The molecule has 1 fully saturated rings. The van der Waals surface area contributed by atoms with Gasteiger partial charge in [0.25, 0.3) is 5.91 Å². The Kier molecular flexibility index (Phi) is 4.11. The van der Waals surface area contributed by atoms with E-state index in [2.05, 4.69) is 10.6 Å². The summed E-state index contributed by atoms with van der Waals surface area (Å²) in [6.07, 6.45) is 3.51. The monoisotopic (exact) mass is 306 g/mol. The van der Waals surface area contributed by atoms with Gasteiger partial charge in [-0.2, -0.15) is 0 Å². The third kappa shape index (κ3) is 2.97. The van der Waals surface area contributed by atoms with E-state index < -0.39 is 17.8 Å². The normalized spacial score (nSPS) is 24.4. The molecule has 2 aliphatic rings. The highest BCUT2D eigenvalue weighted by Crippen LogP contribution is 2.26. The van der Waals surface area contributed by atoms with Gasteiger partial charge in [-0.05, 0) is 37.0 Å². The number of carbonyl (C=O) groups excluding carboxylic acids is 2. The minimum Gasteiger partial charge on any atom is -0.391 e. The van der Waals surface area contributed by atoms with Crippen LogP contribution in [0.1, 0.15) is 48.0 Å². The summed E-state index contributed by atoms with van der Waals surface area (Å²) in [6.45, 7) is 0. The number of nitrogens with one attached hydrogen (secondary N) is 2. The number of halogens is 1. The first-order valence-corrected chi connectivity index (χ1v) is 7.66. The zero-order chi connectivity index (χ0) is 15.7. The van der Waals surface area contributed by atoms with Crippen LogP contribution in [0, 0.1) is 5.82 Å². The van der Waals surface area contributed by atoms with Gasteiger partial charge in [0.2, 0.25) is 5.91 Å². The van der Waals surface area contributed by atoms with Crippen molar-refractivity contribution in [2.75, 3.05) is 5.32 Å². The van der Waals surface area contributed by atoms with Gasteiger partial charge in [-0.1, -0.05) is 12.8 Å². The van der Waals surface area contributed by atoms with E-state index in [0.29, 0.717) is 31.4 Å². The lowest BCUT2D eigenvalue weighted by Gasteiger charge is -2.28. The Morgan fingerprint density at radius 2 is 2.05 bits per heavy atom. The number of benzene rings is 1. The topological polar surface area (TPSA) is 78.4 Å². The molecule has 0 bridgehead atoms. The highest BCUT2D eigenvalue weighted by atomic mass is 19.1. The molecule has 3 N–H and O–H groups in total. The van der Waals surface area contributed by atoms with Crippen molar-refractivity contribution in [2.45, 2.75) is 50.7 Å². The second-order valence-corrected chi connectivity index (χ2v) is 5.97. The highest BCUT2D eigenvalue weighted by Gasteiger charge is 2.27. The Morgan fingerprint density at radius 3 is 2.82 bits per heavy atom. The first kappa shape index (κ1) is 15.0. The van der Waals surface area contributed by atoms with E-state index >= 15 is 0 Å². The maximum atomic E-state index is 14.1. The van der Waals surface area contributed by atoms with Crippen molar-refractivity contribution in [1.82, 2.24) is 5.32 Å². The Balaban J connectivity index is 1.79. The molecule has 5 nitrogen and oxygen atoms in total. The van der Waals surface area contributed by atoms with Crippen molar-refractivity contribution >= 4 is 17.5 Å². The standard InChI is InChI=1S/C16H19FN2O3/c17-11-8-13-9(5-6-15(21)18-13)7-10(11)16(22)19-12-3-1-2-4-14(12)20/h7-8,12,14,20H,1-6H2,(H,18,21)(H,19,22). The van der Waals surface area contributed by atoms with E-state index in [-0.39, 0.29) is 17.5 Å². The molecule has 1 aliphatic carbocycles. The van der Waals surface area contributed by atoms with Gasteiger partial charge < -0.3 is 15.7 Å². The SMILES string of the molecule is O=C1CCc2cc(C(=O)NC3CCCCC3O)c(F)cc2N1. The van der Waals surface area contributed by atoms with Crippen LogP contribution in [-0.2, 0) is 11.2 Å². The van der Waals surface area contributed by atoms with Crippen LogP contribution in [0.5, 0.6) is 0 Å². The lowest BCUT2D eigenvalue weighted by Crippen LogP contribution is -2.45. The summed E-state index contributed by atoms with van der Waals surface area (Å²) in [4.78, 5) is 23.6. The maximum absolute atomic E-state index is 14.1. The summed E-state index contributed by atoms with van der Waals surface area (Å²) >= 11 is 0. The van der Waals surface area contributed by atoms with Crippen LogP contribution in [0.3, 0.4) is 0 Å². The number of aliphatic hydroxyl groups excluding tert-OH is 1. The molecule has 1 aliphatic heterocycles. The van der Waals surface area contributed by atoms with Gasteiger partial charge in [0.1, 0.15) is 5.82 Å². The first-order valence-electron chi connectivity index (χ1n) is 7.66. The van der Waals surface area contributed by atoms with Gasteiger partial charge in [-0.25, -0.2) is 4.39 Å². The lowest BCUT2D eigenvalue weighted by atomic mass is 9.92. The van der Waals surface area contributed by atoms with E-state index in [1.54, 1.807) is 0 Å². The highest BCUT2D eigenvalue weighted by molar-refractivity contribution is 5.98. The third-order valence-electron chi connectivity index (χ3n) is 4.38. The van der Waals surface area contributed by atoms with Crippen molar-refractivity contribution in [3.8, 4) is 0 Å². The predicted octanol–water partition coefficient (Wildman–Crippen LogP) is 1.74. The summed E-state index contributed by atoms with van der Waals surface area (Å²) in [5.74, 6) is -1.32. The minimum absolute atomic E-state index is 0.0346. The first-order chi connectivity index (χ1) is 10.5. The van der Waals surface area contributed by atoms with Gasteiger partial charge in [-0.15, -0.1) is 0 Å². The number of aryl methyl sites for hydroxylation is 1. The molecule has 1 aromatic rings. The molecule has 1 saturated carbocycles. The second kappa shape index (κ2) is 6.04. The molecule has 118 valence electrons. The number of carbonyl (C=O) groups is 2. The summed E-state index contributed by atoms with van der Waals surface area (Å²) in [7, 11) is 0. The molecule has 2 amide bonds. The van der Waals surface area contributed by atoms with Gasteiger partial charge >= 0.3 is 0 Å². The smallest absolute Gasteiger partial charge is 0.254 e. The van der Waals surface area contributed by atoms with Crippen LogP contribution in [0.4, 0.5) is 10.1 Å². The average molecular weight is 306 g/mol. The Bertz CT molecular complexity index is 618. The van der Waals surface area contributed by atoms with Crippen molar-refractivity contribution in [3.63, 3.8) is 0 Å². The van der Waals surface area contributed by atoms with Gasteiger partial charge in [-0.3, -0.25) is 9.59 Å². The molecule has 0 spiro atoms. The fraction of sp³-hybridized carbons (Fsp3) is 0.500. The molecule has 0 saturated heterocycles. The number of fused-ring (bicyclic) bond motifs is 1. The van der Waals surface area contributed by atoms with Crippen LogP contribution in [0.25, 0.3) is 0 Å². The predicted molar refractivity (Wildman–Crippen MR) is 79.1 cm³/mol.